The Morgan fingerprint density at radius 1 is 0.731 bits per heavy atom. The maximum atomic E-state index is 2.52. The first-order valence-corrected chi connectivity index (χ1v) is 11.8. The number of hydrogen-bond acceptors (Lipinski definition) is 0. The molecule has 0 atom stereocenters. The topological polar surface area (TPSA) is 8.81 Å². The molecule has 2 nitrogen and oxygen atoms in total. The largest absolute Gasteiger partial charge is 0.258 e. The van der Waals surface area contributed by atoms with Crippen molar-refractivity contribution < 1.29 is 4.57 Å². The molecule has 1 heterocycles. The molecule has 0 saturated carbocycles. The molecule has 0 aromatic carbocycles. The van der Waals surface area contributed by atoms with Crippen LogP contribution in [0.15, 0.2) is 12.4 Å². The number of unbranched alkanes of at least 4 members (excludes halogenated alkanes) is 12. The highest BCUT2D eigenvalue weighted by Gasteiger charge is 2.19. The van der Waals surface area contributed by atoms with Gasteiger partial charge < -0.3 is 0 Å². The SMILES string of the molecule is CCCCCCCCCCCC[n+]1ccn(CCCCCC)c1C(C)C. The molecular weight excluding hydrogens is 316 g/mol. The van der Waals surface area contributed by atoms with E-state index in [2.05, 4.69) is 49.2 Å². The van der Waals surface area contributed by atoms with Crippen LogP contribution in [0, 0.1) is 0 Å². The van der Waals surface area contributed by atoms with E-state index in [-0.39, 0.29) is 0 Å². The maximum absolute atomic E-state index is 2.52. The summed E-state index contributed by atoms with van der Waals surface area (Å²) in [5.41, 5.74) is 0. The van der Waals surface area contributed by atoms with Gasteiger partial charge in [0.15, 0.2) is 0 Å². The van der Waals surface area contributed by atoms with Crippen LogP contribution < -0.4 is 4.57 Å². The molecule has 1 aromatic rings. The third-order valence-electron chi connectivity index (χ3n) is 5.54. The van der Waals surface area contributed by atoms with Gasteiger partial charge >= 0.3 is 0 Å². The van der Waals surface area contributed by atoms with Crippen molar-refractivity contribution in [3.8, 4) is 0 Å². The minimum atomic E-state index is 0.610. The minimum Gasteiger partial charge on any atom is -0.234 e. The fraction of sp³-hybridized carbons (Fsp3) is 0.875. The molecule has 1 rings (SSSR count). The molecule has 0 fully saturated rings. The lowest BCUT2D eigenvalue weighted by Crippen LogP contribution is -2.38. The summed E-state index contributed by atoms with van der Waals surface area (Å²) in [6, 6.07) is 0. The molecule has 26 heavy (non-hydrogen) atoms. The van der Waals surface area contributed by atoms with Gasteiger partial charge in [0.1, 0.15) is 12.4 Å². The predicted molar refractivity (Wildman–Crippen MR) is 115 cm³/mol. The predicted octanol–water partition coefficient (Wildman–Crippen LogP) is 7.40. The van der Waals surface area contributed by atoms with Crippen LogP contribution in [-0.2, 0) is 13.1 Å². The van der Waals surface area contributed by atoms with E-state index in [4.69, 9.17) is 0 Å². The van der Waals surface area contributed by atoms with E-state index in [1.807, 2.05) is 0 Å². The lowest BCUT2D eigenvalue weighted by atomic mass is 10.1. The van der Waals surface area contributed by atoms with E-state index in [0.717, 1.165) is 0 Å². The molecule has 0 aliphatic heterocycles. The number of imidazole rings is 1. The number of hydrogen-bond donors (Lipinski definition) is 0. The normalized spacial score (nSPS) is 11.6. The second kappa shape index (κ2) is 15.3. The fourth-order valence-corrected chi connectivity index (χ4v) is 4.00. The molecule has 0 bridgehead atoms. The Morgan fingerprint density at radius 2 is 1.23 bits per heavy atom. The average molecular weight is 364 g/mol. The van der Waals surface area contributed by atoms with Crippen molar-refractivity contribution >= 4 is 0 Å². The third-order valence-corrected chi connectivity index (χ3v) is 5.54. The van der Waals surface area contributed by atoms with Crippen molar-refractivity contribution in [2.45, 2.75) is 137 Å². The lowest BCUT2D eigenvalue weighted by Gasteiger charge is -2.08. The highest BCUT2D eigenvalue weighted by molar-refractivity contribution is 4.89. The number of rotatable bonds is 17. The highest BCUT2D eigenvalue weighted by Crippen LogP contribution is 2.14. The Morgan fingerprint density at radius 3 is 1.77 bits per heavy atom. The van der Waals surface area contributed by atoms with Crippen LogP contribution in [0.25, 0.3) is 0 Å². The van der Waals surface area contributed by atoms with E-state index in [1.54, 1.807) is 0 Å². The number of aryl methyl sites for hydroxylation is 2. The van der Waals surface area contributed by atoms with E-state index < -0.39 is 0 Å². The van der Waals surface area contributed by atoms with Gasteiger partial charge in [0, 0.05) is 0 Å². The lowest BCUT2D eigenvalue weighted by molar-refractivity contribution is -0.705. The Balaban J connectivity index is 2.22. The average Bonchev–Trinajstić information content (AvgIpc) is 3.03. The minimum absolute atomic E-state index is 0.610. The van der Waals surface area contributed by atoms with Crippen LogP contribution in [0.1, 0.15) is 129 Å². The van der Waals surface area contributed by atoms with Crippen molar-refractivity contribution in [2.75, 3.05) is 0 Å². The van der Waals surface area contributed by atoms with Crippen molar-refractivity contribution in [3.05, 3.63) is 18.2 Å². The van der Waals surface area contributed by atoms with Gasteiger partial charge in [-0.1, -0.05) is 91.9 Å². The van der Waals surface area contributed by atoms with Crippen molar-refractivity contribution in [1.29, 1.82) is 0 Å². The number of aromatic nitrogens is 2. The molecule has 0 radical (unpaired) electrons. The second-order valence-corrected chi connectivity index (χ2v) is 8.44. The summed E-state index contributed by atoms with van der Waals surface area (Å²) in [5, 5.41) is 0. The zero-order valence-corrected chi connectivity index (χ0v) is 18.4. The van der Waals surface area contributed by atoms with E-state index in [1.165, 1.54) is 109 Å². The first-order chi connectivity index (χ1) is 12.7. The summed E-state index contributed by atoms with van der Waals surface area (Å²) in [7, 11) is 0. The van der Waals surface area contributed by atoms with Crippen LogP contribution in [0.5, 0.6) is 0 Å². The van der Waals surface area contributed by atoms with Crippen LogP contribution >= 0.6 is 0 Å². The summed E-state index contributed by atoms with van der Waals surface area (Å²) >= 11 is 0. The van der Waals surface area contributed by atoms with E-state index in [9.17, 15) is 0 Å². The zero-order chi connectivity index (χ0) is 19.0. The molecule has 0 saturated heterocycles. The smallest absolute Gasteiger partial charge is 0.234 e. The van der Waals surface area contributed by atoms with Gasteiger partial charge in [0.2, 0.25) is 0 Å². The molecule has 0 spiro atoms. The molecule has 0 aliphatic carbocycles. The van der Waals surface area contributed by atoms with E-state index in [0.29, 0.717) is 5.92 Å². The molecular formula is C24H47N2+. The summed E-state index contributed by atoms with van der Waals surface area (Å²) in [4.78, 5) is 0. The quantitative estimate of drug-likeness (QED) is 0.201. The second-order valence-electron chi connectivity index (χ2n) is 8.44. The van der Waals surface area contributed by atoms with Gasteiger partial charge in [-0.05, 0) is 25.7 Å². The molecule has 0 aliphatic rings. The Kier molecular flexibility index (Phi) is 13.7. The molecule has 0 N–H and O–H groups in total. The van der Waals surface area contributed by atoms with Crippen molar-refractivity contribution in [1.82, 2.24) is 4.57 Å². The third kappa shape index (κ3) is 9.78. The standard InChI is InChI=1S/C24H47N2/c1-5-7-9-11-12-13-14-15-16-18-20-26-22-21-25(24(26)23(3)4)19-17-10-8-6-2/h21-23H,5-20H2,1-4H3/q+1. The first kappa shape index (κ1) is 23.2. The molecule has 0 unspecified atom stereocenters. The number of nitrogens with zero attached hydrogens (tertiary/aromatic N) is 2. The molecule has 152 valence electrons. The van der Waals surface area contributed by atoms with Crippen LogP contribution in [0.2, 0.25) is 0 Å². The van der Waals surface area contributed by atoms with Crippen LogP contribution in [-0.4, -0.2) is 4.57 Å². The zero-order valence-electron chi connectivity index (χ0n) is 18.4. The maximum Gasteiger partial charge on any atom is 0.258 e. The fourth-order valence-electron chi connectivity index (χ4n) is 4.00. The summed E-state index contributed by atoms with van der Waals surface area (Å²) in [5.74, 6) is 2.14. The van der Waals surface area contributed by atoms with Gasteiger partial charge in [-0.3, -0.25) is 0 Å². The molecule has 2 heteroatoms. The molecule has 1 aromatic heterocycles. The highest BCUT2D eigenvalue weighted by atomic mass is 15.1. The van der Waals surface area contributed by atoms with Crippen LogP contribution in [0.4, 0.5) is 0 Å². The summed E-state index contributed by atoms with van der Waals surface area (Å²) < 4.78 is 5.03. The van der Waals surface area contributed by atoms with E-state index >= 15 is 0 Å². The van der Waals surface area contributed by atoms with Crippen molar-refractivity contribution in [2.24, 2.45) is 0 Å². The van der Waals surface area contributed by atoms with Crippen LogP contribution in [0.3, 0.4) is 0 Å². The van der Waals surface area contributed by atoms with Gasteiger partial charge in [-0.2, -0.15) is 0 Å². The Hall–Kier alpha value is -0.790. The Bertz CT molecular complexity index is 433. The van der Waals surface area contributed by atoms with Gasteiger partial charge in [-0.15, -0.1) is 0 Å². The molecule has 0 amide bonds. The van der Waals surface area contributed by atoms with Gasteiger partial charge in [-0.25, -0.2) is 9.13 Å². The first-order valence-electron chi connectivity index (χ1n) is 11.8. The Labute approximate surface area is 164 Å². The van der Waals surface area contributed by atoms with Gasteiger partial charge in [0.25, 0.3) is 5.82 Å². The van der Waals surface area contributed by atoms with Crippen molar-refractivity contribution in [3.63, 3.8) is 0 Å². The summed E-state index contributed by atoms with van der Waals surface area (Å²) in [6.07, 6.45) is 24.2. The van der Waals surface area contributed by atoms with Gasteiger partial charge in [0.05, 0.1) is 19.0 Å². The summed E-state index contributed by atoms with van der Waals surface area (Å²) in [6.45, 7) is 11.7. The monoisotopic (exact) mass is 363 g/mol.